The molecule has 5 aliphatic carbocycles. The van der Waals surface area contributed by atoms with Gasteiger partial charge in [0.05, 0.1) is 37.9 Å². The van der Waals surface area contributed by atoms with Crippen molar-refractivity contribution < 1.29 is 109 Å². The van der Waals surface area contributed by atoms with Crippen LogP contribution in [0.15, 0.2) is 11.6 Å². The molecule has 4 heterocycles. The van der Waals surface area contributed by atoms with Gasteiger partial charge < -0.3 is 104 Å². The monoisotopic (exact) mass is 1070 g/mol. The maximum atomic E-state index is 15.1. The van der Waals surface area contributed by atoms with E-state index in [1.54, 1.807) is 0 Å². The molecule has 22 nitrogen and oxygen atoms in total. The number of aliphatic hydroxyl groups is 13. The van der Waals surface area contributed by atoms with Crippen molar-refractivity contribution in [2.24, 2.45) is 50.2 Å². The lowest BCUT2D eigenvalue weighted by molar-refractivity contribution is -0.370. The summed E-state index contributed by atoms with van der Waals surface area (Å²) in [5.41, 5.74) is -1.11. The molecule has 8 fully saturated rings. The largest absolute Gasteiger partial charge is 0.432 e. The van der Waals surface area contributed by atoms with Crippen molar-refractivity contribution in [3.63, 3.8) is 0 Å². The molecule has 4 saturated heterocycles. The molecule has 0 aromatic rings. The lowest BCUT2D eigenvalue weighted by Gasteiger charge is -2.71. The standard InChI is InChI=1S/C53H86O22/c1-48(2)14-16-53(47(67)75-45-41(66)37(62)35(60)28(72-45)22-69-43-40(65)36(61)33(58)26(19-54)70-43)17-15-51(6)23(24(53)18-48)8-9-30-50(5)12-11-31(49(3,4)29(50)10-13-52(30,51)7)73-46-42(38(63)34(59)27(20-55)71-46)74-44-39(64)32(57)25(56)21-68-44/h8,24-46,54-66H,9-22H2,1-7H3/t24-,25-,26+,27+,28+,29-,30+,31-,32-,33+,34+,35+,36-,37-,38-,39+,40+,41+,42+,43+,44-,45-,46-,50-,51+,52+,53-/m0/s1. The fourth-order valence-electron chi connectivity index (χ4n) is 16.1. The van der Waals surface area contributed by atoms with Crippen LogP contribution in [-0.2, 0) is 42.7 Å². The second-order valence-electron chi connectivity index (χ2n) is 25.9. The van der Waals surface area contributed by atoms with E-state index in [1.165, 1.54) is 5.57 Å². The summed E-state index contributed by atoms with van der Waals surface area (Å²) in [5, 5.41) is 137. The zero-order valence-electron chi connectivity index (χ0n) is 44.2. The summed E-state index contributed by atoms with van der Waals surface area (Å²) < 4.78 is 47.6. The number of carbonyl (C=O) groups is 1. The first-order valence-corrected chi connectivity index (χ1v) is 27.2. The Morgan fingerprint density at radius 3 is 1.85 bits per heavy atom. The summed E-state index contributed by atoms with van der Waals surface area (Å²) in [4.78, 5) is 15.1. The van der Waals surface area contributed by atoms with Crippen LogP contribution in [0.1, 0.15) is 113 Å². The van der Waals surface area contributed by atoms with Crippen LogP contribution in [0.2, 0.25) is 0 Å². The second-order valence-corrected chi connectivity index (χ2v) is 25.9. The Labute approximate surface area is 437 Å². The molecular formula is C53H86O22. The first-order chi connectivity index (χ1) is 35.1. The lowest BCUT2D eigenvalue weighted by atomic mass is 9.33. The molecule has 13 N–H and O–H groups in total. The van der Waals surface area contributed by atoms with E-state index in [1.807, 2.05) is 0 Å². The van der Waals surface area contributed by atoms with Gasteiger partial charge in [-0.3, -0.25) is 4.79 Å². The Bertz CT molecular complexity index is 2060. The minimum absolute atomic E-state index is 0.129. The number of hydrogen-bond acceptors (Lipinski definition) is 22. The fraction of sp³-hybridized carbons (Fsp3) is 0.943. The second kappa shape index (κ2) is 21.1. The molecule has 0 radical (unpaired) electrons. The van der Waals surface area contributed by atoms with E-state index in [0.717, 1.165) is 32.1 Å². The molecule has 0 spiro atoms. The van der Waals surface area contributed by atoms with Gasteiger partial charge in [-0.1, -0.05) is 60.1 Å². The van der Waals surface area contributed by atoms with E-state index < -0.39 is 159 Å². The normalized spacial score (nSPS) is 53.5. The highest BCUT2D eigenvalue weighted by Crippen LogP contribution is 2.76. The van der Waals surface area contributed by atoms with Crippen molar-refractivity contribution in [2.45, 2.75) is 235 Å². The number of fused-ring (bicyclic) bond motifs is 7. The Balaban J connectivity index is 0.929. The van der Waals surface area contributed by atoms with Crippen molar-refractivity contribution >= 4 is 5.97 Å². The predicted octanol–water partition coefficient (Wildman–Crippen LogP) is -1.40. The van der Waals surface area contributed by atoms with Crippen LogP contribution in [0.4, 0.5) is 0 Å². The highest BCUT2D eigenvalue weighted by molar-refractivity contribution is 5.79. The van der Waals surface area contributed by atoms with Crippen molar-refractivity contribution in [2.75, 3.05) is 26.4 Å². The first kappa shape index (κ1) is 58.1. The minimum Gasteiger partial charge on any atom is -0.432 e. The number of aliphatic hydroxyl groups excluding tert-OH is 13. The summed E-state index contributed by atoms with van der Waals surface area (Å²) in [6, 6.07) is 0. The Kier molecular flexibility index (Phi) is 16.3. The predicted molar refractivity (Wildman–Crippen MR) is 257 cm³/mol. The molecule has 4 saturated carbocycles. The summed E-state index contributed by atoms with van der Waals surface area (Å²) >= 11 is 0. The first-order valence-electron chi connectivity index (χ1n) is 27.2. The smallest absolute Gasteiger partial charge is 0.315 e. The third-order valence-electron chi connectivity index (χ3n) is 21.0. The van der Waals surface area contributed by atoms with Gasteiger partial charge in [0.25, 0.3) is 0 Å². The van der Waals surface area contributed by atoms with E-state index in [4.69, 9.17) is 37.9 Å². The van der Waals surface area contributed by atoms with Crippen molar-refractivity contribution in [3.05, 3.63) is 11.6 Å². The molecule has 0 amide bonds. The van der Waals surface area contributed by atoms with Gasteiger partial charge in [0.2, 0.25) is 6.29 Å². The van der Waals surface area contributed by atoms with Gasteiger partial charge in [-0.05, 0) is 109 Å². The molecule has 0 aromatic heterocycles. The van der Waals surface area contributed by atoms with Crippen molar-refractivity contribution in [1.29, 1.82) is 0 Å². The summed E-state index contributed by atoms with van der Waals surface area (Å²) in [6.07, 6.45) is -20.8. The molecule has 0 aromatic carbocycles. The zero-order valence-corrected chi connectivity index (χ0v) is 44.2. The number of ether oxygens (including phenoxy) is 8. The van der Waals surface area contributed by atoms with Gasteiger partial charge >= 0.3 is 5.97 Å². The SMILES string of the molecule is CC1(C)CC[C@]2(C(=O)O[C@@H]3O[C@H](CO[C@@H]4O[C@H](CO)[C@@H](O)[C@H](O)[C@H]4O)[C@@H](O)[C@H](O)[C@H]3O)CC[C@]3(C)C(=CC[C@@H]4[C@@]5(C)CC[C@H](O[C@@H]6O[C@H](CO)[C@@H](O)[C@H](O)[C@H]6O[C@@H]6OC[C@H](O)[C@H](O)[C@H]6O)C(C)(C)[C@@H]5CC[C@]43C)[C@@H]2C1. The topological polar surface area (TPSA) is 354 Å². The van der Waals surface area contributed by atoms with E-state index in [-0.39, 0.29) is 46.0 Å². The molecule has 22 heteroatoms. The number of allylic oxidation sites excluding steroid dienone is 2. The van der Waals surface area contributed by atoms with Crippen LogP contribution >= 0.6 is 0 Å². The lowest BCUT2D eigenvalue weighted by Crippen LogP contribution is -2.67. The van der Waals surface area contributed by atoms with Crippen molar-refractivity contribution in [3.8, 4) is 0 Å². The van der Waals surface area contributed by atoms with Gasteiger partial charge in [0.15, 0.2) is 18.9 Å². The molecule has 4 aliphatic heterocycles. The van der Waals surface area contributed by atoms with E-state index in [9.17, 15) is 66.4 Å². The highest BCUT2D eigenvalue weighted by atomic mass is 16.8. The summed E-state index contributed by atoms with van der Waals surface area (Å²) in [6.45, 7) is 13.7. The number of carbonyl (C=O) groups excluding carboxylic acids is 1. The molecule has 75 heavy (non-hydrogen) atoms. The number of rotatable bonds is 11. The summed E-state index contributed by atoms with van der Waals surface area (Å²) in [7, 11) is 0. The van der Waals surface area contributed by atoms with E-state index in [2.05, 4.69) is 54.5 Å². The molecular weight excluding hydrogens is 989 g/mol. The average molecular weight is 1080 g/mol. The van der Waals surface area contributed by atoms with Crippen LogP contribution < -0.4 is 0 Å². The van der Waals surface area contributed by atoms with Crippen LogP contribution in [0.5, 0.6) is 0 Å². The van der Waals surface area contributed by atoms with E-state index >= 15 is 4.79 Å². The fourth-order valence-corrected chi connectivity index (χ4v) is 16.1. The van der Waals surface area contributed by atoms with Gasteiger partial charge in [-0.2, -0.15) is 0 Å². The molecule has 27 atom stereocenters. The molecule has 0 bridgehead atoms. The highest BCUT2D eigenvalue weighted by Gasteiger charge is 2.70. The van der Waals surface area contributed by atoms with Crippen LogP contribution in [0.25, 0.3) is 0 Å². The maximum Gasteiger partial charge on any atom is 0.315 e. The molecule has 9 aliphatic rings. The van der Waals surface area contributed by atoms with E-state index in [0.29, 0.717) is 32.1 Å². The van der Waals surface area contributed by atoms with Gasteiger partial charge in [-0.15, -0.1) is 0 Å². The Hall–Kier alpha value is -1.59. The third-order valence-corrected chi connectivity index (χ3v) is 21.0. The number of hydrogen-bond donors (Lipinski definition) is 13. The quantitative estimate of drug-likeness (QED) is 0.0643. The Morgan fingerprint density at radius 2 is 1.19 bits per heavy atom. The van der Waals surface area contributed by atoms with Gasteiger partial charge in [0, 0.05) is 0 Å². The molecule has 9 rings (SSSR count). The van der Waals surface area contributed by atoms with Gasteiger partial charge in [-0.25, -0.2) is 0 Å². The molecule has 0 unspecified atom stereocenters. The summed E-state index contributed by atoms with van der Waals surface area (Å²) in [5.74, 6) is -0.440. The maximum absolute atomic E-state index is 15.1. The zero-order chi connectivity index (χ0) is 54.7. The Morgan fingerprint density at radius 1 is 0.600 bits per heavy atom. The van der Waals surface area contributed by atoms with Crippen LogP contribution in [0.3, 0.4) is 0 Å². The van der Waals surface area contributed by atoms with Crippen LogP contribution in [-0.4, -0.2) is 222 Å². The third kappa shape index (κ3) is 9.60. The number of esters is 1. The minimum atomic E-state index is -1.83. The van der Waals surface area contributed by atoms with Gasteiger partial charge in [0.1, 0.15) is 91.6 Å². The molecule has 430 valence electrons. The van der Waals surface area contributed by atoms with Crippen LogP contribution in [0, 0.1) is 50.2 Å². The van der Waals surface area contributed by atoms with Crippen molar-refractivity contribution in [1.82, 2.24) is 0 Å². The average Bonchev–Trinajstić information content (AvgIpc) is 3.36.